The van der Waals surface area contributed by atoms with Crippen LogP contribution in [0.25, 0.3) is 0 Å². The molecular formula is C17H11BrFNO4. The van der Waals surface area contributed by atoms with Gasteiger partial charge in [-0.15, -0.1) is 0 Å². The number of carbonyl (C=O) groups excluding carboxylic acids is 2. The van der Waals surface area contributed by atoms with Gasteiger partial charge in [0.2, 0.25) is 0 Å². The molecule has 0 unspecified atom stereocenters. The minimum Gasteiger partial charge on any atom is -0.467 e. The van der Waals surface area contributed by atoms with Gasteiger partial charge in [0.15, 0.2) is 6.79 Å². The number of fused-ring (bicyclic) bond motifs is 2. The van der Waals surface area contributed by atoms with E-state index in [4.69, 9.17) is 9.47 Å². The van der Waals surface area contributed by atoms with Crippen LogP contribution < -0.4 is 9.64 Å². The molecule has 0 N–H and O–H groups in total. The molecule has 7 heteroatoms. The van der Waals surface area contributed by atoms with Crippen molar-refractivity contribution >= 4 is 33.3 Å². The number of halogens is 2. The smallest absolute Gasteiger partial charge is 0.299 e. The van der Waals surface area contributed by atoms with E-state index in [1.165, 1.54) is 17.0 Å². The number of ether oxygens (including phenoxy) is 2. The predicted molar refractivity (Wildman–Crippen MR) is 86.3 cm³/mol. The van der Waals surface area contributed by atoms with E-state index in [-0.39, 0.29) is 19.9 Å². The fraction of sp³-hybridized carbons (Fsp3) is 0.176. The molecule has 24 heavy (non-hydrogen) atoms. The lowest BCUT2D eigenvalue weighted by molar-refractivity contribution is -0.114. The number of nitrogens with zero attached hydrogens (tertiary/aromatic N) is 1. The highest BCUT2D eigenvalue weighted by atomic mass is 79.9. The second-order valence-electron chi connectivity index (χ2n) is 5.55. The molecule has 5 nitrogen and oxygen atoms in total. The number of Topliss-reactive ketones (excluding diaryl/α,β-unsaturated/α-hetero) is 1. The highest BCUT2D eigenvalue weighted by Gasteiger charge is 2.36. The lowest BCUT2D eigenvalue weighted by Gasteiger charge is -2.23. The van der Waals surface area contributed by atoms with E-state index in [1.54, 1.807) is 18.2 Å². The average molecular weight is 392 g/mol. The summed E-state index contributed by atoms with van der Waals surface area (Å²) < 4.78 is 25.3. The number of hydrogen-bond donors (Lipinski definition) is 0. The maximum absolute atomic E-state index is 13.9. The standard InChI is InChI=1S/C17H11BrFNO4/c18-11-1-2-13-14(5-11)20(17(22)15(13)21)6-9-3-12(19)4-10-7-23-8-24-16(9)10/h1-5H,6-8H2. The Kier molecular flexibility index (Phi) is 3.62. The normalized spacial score (nSPS) is 16.0. The molecule has 0 saturated carbocycles. The molecule has 2 aromatic rings. The summed E-state index contributed by atoms with van der Waals surface area (Å²) in [5, 5.41) is 0. The van der Waals surface area contributed by atoms with Crippen LogP contribution in [0, 0.1) is 5.82 Å². The van der Waals surface area contributed by atoms with Gasteiger partial charge in [-0.1, -0.05) is 15.9 Å². The Bertz CT molecular complexity index is 883. The zero-order valence-electron chi connectivity index (χ0n) is 12.3. The van der Waals surface area contributed by atoms with Crippen LogP contribution in [0.15, 0.2) is 34.8 Å². The van der Waals surface area contributed by atoms with Crippen molar-refractivity contribution in [1.29, 1.82) is 0 Å². The third-order valence-corrected chi connectivity index (χ3v) is 4.51. The molecular weight excluding hydrogens is 381 g/mol. The molecule has 0 atom stereocenters. The van der Waals surface area contributed by atoms with E-state index < -0.39 is 17.5 Å². The fourth-order valence-corrected chi connectivity index (χ4v) is 3.32. The van der Waals surface area contributed by atoms with Gasteiger partial charge >= 0.3 is 0 Å². The van der Waals surface area contributed by atoms with Crippen molar-refractivity contribution in [1.82, 2.24) is 0 Å². The Balaban J connectivity index is 1.77. The van der Waals surface area contributed by atoms with Crippen molar-refractivity contribution < 1.29 is 23.5 Å². The van der Waals surface area contributed by atoms with Gasteiger partial charge in [0.25, 0.3) is 11.7 Å². The molecule has 1 amide bonds. The van der Waals surface area contributed by atoms with Gasteiger partial charge in [0.1, 0.15) is 11.6 Å². The van der Waals surface area contributed by atoms with Crippen LogP contribution in [0.5, 0.6) is 5.75 Å². The van der Waals surface area contributed by atoms with Crippen molar-refractivity contribution in [2.75, 3.05) is 11.7 Å². The molecule has 2 aromatic carbocycles. The molecule has 2 aliphatic heterocycles. The quantitative estimate of drug-likeness (QED) is 0.737. The fourth-order valence-electron chi connectivity index (χ4n) is 2.97. The van der Waals surface area contributed by atoms with Crippen molar-refractivity contribution in [3.63, 3.8) is 0 Å². The Hall–Kier alpha value is -2.25. The molecule has 0 aromatic heterocycles. The third kappa shape index (κ3) is 2.40. The zero-order chi connectivity index (χ0) is 16.8. The largest absolute Gasteiger partial charge is 0.467 e. The summed E-state index contributed by atoms with van der Waals surface area (Å²) in [5.74, 6) is -1.13. The van der Waals surface area contributed by atoms with Crippen LogP contribution in [-0.4, -0.2) is 18.5 Å². The van der Waals surface area contributed by atoms with Gasteiger partial charge in [0, 0.05) is 15.6 Å². The number of hydrogen-bond acceptors (Lipinski definition) is 4. The topological polar surface area (TPSA) is 55.8 Å². The number of anilines is 1. The zero-order valence-corrected chi connectivity index (χ0v) is 13.9. The van der Waals surface area contributed by atoms with Crippen molar-refractivity contribution in [2.45, 2.75) is 13.2 Å². The number of rotatable bonds is 2. The maximum Gasteiger partial charge on any atom is 0.299 e. The average Bonchev–Trinajstić information content (AvgIpc) is 2.79. The second-order valence-corrected chi connectivity index (χ2v) is 6.46. The van der Waals surface area contributed by atoms with Gasteiger partial charge < -0.3 is 14.4 Å². The summed E-state index contributed by atoms with van der Waals surface area (Å²) in [5.41, 5.74) is 1.94. The van der Waals surface area contributed by atoms with Crippen LogP contribution >= 0.6 is 15.9 Å². The van der Waals surface area contributed by atoms with Gasteiger partial charge in [-0.2, -0.15) is 0 Å². The second kappa shape index (κ2) is 5.68. The van der Waals surface area contributed by atoms with E-state index in [0.717, 1.165) is 4.47 Å². The summed E-state index contributed by atoms with van der Waals surface area (Å²) in [6, 6.07) is 7.67. The molecule has 0 radical (unpaired) electrons. The molecule has 0 bridgehead atoms. The molecule has 4 rings (SSSR count). The summed E-state index contributed by atoms with van der Waals surface area (Å²) in [7, 11) is 0. The van der Waals surface area contributed by atoms with E-state index in [0.29, 0.717) is 28.1 Å². The van der Waals surface area contributed by atoms with E-state index in [2.05, 4.69) is 15.9 Å². The van der Waals surface area contributed by atoms with Gasteiger partial charge in [-0.05, 0) is 30.3 Å². The minimum absolute atomic E-state index is 0.0497. The molecule has 0 spiro atoms. The molecule has 2 aliphatic rings. The summed E-state index contributed by atoms with van der Waals surface area (Å²) in [6.45, 7) is 0.365. The molecule has 2 heterocycles. The Labute approximate surface area is 145 Å². The lowest BCUT2D eigenvalue weighted by Crippen LogP contribution is -2.30. The first-order valence-electron chi connectivity index (χ1n) is 7.22. The number of ketones is 1. The lowest BCUT2D eigenvalue weighted by atomic mass is 10.1. The predicted octanol–water partition coefficient (Wildman–Crippen LogP) is 3.18. The summed E-state index contributed by atoms with van der Waals surface area (Å²) in [6.07, 6.45) is 0. The highest BCUT2D eigenvalue weighted by Crippen LogP contribution is 2.36. The third-order valence-electron chi connectivity index (χ3n) is 4.01. The molecule has 0 fully saturated rings. The summed E-state index contributed by atoms with van der Waals surface area (Å²) in [4.78, 5) is 25.8. The summed E-state index contributed by atoms with van der Waals surface area (Å²) >= 11 is 3.34. The van der Waals surface area contributed by atoms with Crippen LogP contribution in [0.4, 0.5) is 10.1 Å². The Morgan fingerprint density at radius 2 is 2.04 bits per heavy atom. The van der Waals surface area contributed by atoms with E-state index >= 15 is 0 Å². The SMILES string of the molecule is O=C1C(=O)N(Cc2cc(F)cc3c2OCOC3)c2cc(Br)ccc21. The van der Waals surface area contributed by atoms with Gasteiger partial charge in [-0.25, -0.2) is 4.39 Å². The number of carbonyl (C=O) groups is 2. The van der Waals surface area contributed by atoms with Crippen molar-refractivity contribution in [2.24, 2.45) is 0 Å². The number of amides is 1. The molecule has 0 saturated heterocycles. The first-order chi connectivity index (χ1) is 11.5. The van der Waals surface area contributed by atoms with Gasteiger partial charge in [-0.3, -0.25) is 9.59 Å². The minimum atomic E-state index is -0.631. The van der Waals surface area contributed by atoms with Crippen LogP contribution in [0.2, 0.25) is 0 Å². The first kappa shape index (κ1) is 15.3. The molecule has 122 valence electrons. The Morgan fingerprint density at radius 1 is 1.21 bits per heavy atom. The van der Waals surface area contributed by atoms with Crippen LogP contribution in [0.3, 0.4) is 0 Å². The van der Waals surface area contributed by atoms with E-state index in [9.17, 15) is 14.0 Å². The van der Waals surface area contributed by atoms with Gasteiger partial charge in [0.05, 0.1) is 24.4 Å². The maximum atomic E-state index is 13.9. The Morgan fingerprint density at radius 3 is 2.88 bits per heavy atom. The number of benzene rings is 2. The van der Waals surface area contributed by atoms with E-state index in [1.807, 2.05) is 0 Å². The monoisotopic (exact) mass is 391 g/mol. The van der Waals surface area contributed by atoms with Crippen molar-refractivity contribution in [3.8, 4) is 5.75 Å². The molecule has 0 aliphatic carbocycles. The van der Waals surface area contributed by atoms with Crippen LogP contribution in [0.1, 0.15) is 21.5 Å². The van der Waals surface area contributed by atoms with Crippen molar-refractivity contribution in [3.05, 3.63) is 57.3 Å². The highest BCUT2D eigenvalue weighted by molar-refractivity contribution is 9.10. The van der Waals surface area contributed by atoms with Crippen LogP contribution in [-0.2, 0) is 22.7 Å². The first-order valence-corrected chi connectivity index (χ1v) is 8.01.